The van der Waals surface area contributed by atoms with E-state index in [9.17, 15) is 25.2 Å². The lowest BCUT2D eigenvalue weighted by atomic mass is 10.00. The molecule has 5 N–H and O–H groups in total. The number of aliphatic hydroxyl groups excluding tert-OH is 4. The molecule has 0 aromatic heterocycles. The number of rotatable bonds is 48. The molecule has 1 amide bonds. The molecule has 58 heavy (non-hydrogen) atoms. The highest BCUT2D eigenvalue weighted by Crippen LogP contribution is 2.18. The first-order valence-corrected chi connectivity index (χ1v) is 26.1. The molecule has 0 aliphatic heterocycles. The van der Waals surface area contributed by atoms with Gasteiger partial charge in [0.25, 0.3) is 0 Å². The van der Waals surface area contributed by atoms with E-state index in [0.29, 0.717) is 12.8 Å². The minimum Gasteiger partial charge on any atom is -0.394 e. The SMILES string of the molecule is CCCCCCCCC/C=C/CCCC(O)C(O)C(CO)NC(=O)C(O)CCCCCCCCCCCCCCCCCCCCCCCCCCCCCCCC. The molecule has 0 heterocycles. The lowest BCUT2D eigenvalue weighted by Gasteiger charge is -2.27. The van der Waals surface area contributed by atoms with Crippen LogP contribution < -0.4 is 5.32 Å². The van der Waals surface area contributed by atoms with Gasteiger partial charge >= 0.3 is 0 Å². The summed E-state index contributed by atoms with van der Waals surface area (Å²) in [5, 5.41) is 43.7. The largest absolute Gasteiger partial charge is 0.394 e. The van der Waals surface area contributed by atoms with Crippen molar-refractivity contribution in [2.75, 3.05) is 6.61 Å². The van der Waals surface area contributed by atoms with Crippen molar-refractivity contribution in [1.82, 2.24) is 5.32 Å². The summed E-state index contributed by atoms with van der Waals surface area (Å²) in [6, 6.07) is -0.997. The number of carbonyl (C=O) groups is 1. The highest BCUT2D eigenvalue weighted by Gasteiger charge is 2.28. The molecule has 0 rings (SSSR count). The summed E-state index contributed by atoms with van der Waals surface area (Å²) in [6.07, 6.45) is 54.3. The van der Waals surface area contributed by atoms with E-state index in [2.05, 4.69) is 31.3 Å². The maximum atomic E-state index is 12.5. The van der Waals surface area contributed by atoms with E-state index in [-0.39, 0.29) is 0 Å². The predicted octanol–water partition coefficient (Wildman–Crippen LogP) is 14.5. The molecule has 0 bridgehead atoms. The van der Waals surface area contributed by atoms with Crippen LogP contribution in [0.2, 0.25) is 0 Å². The van der Waals surface area contributed by atoms with E-state index in [1.807, 2.05) is 0 Å². The van der Waals surface area contributed by atoms with Crippen molar-refractivity contribution in [3.05, 3.63) is 12.2 Å². The van der Waals surface area contributed by atoms with Crippen LogP contribution in [-0.4, -0.2) is 57.3 Å². The molecule has 6 heteroatoms. The molecule has 0 aromatic rings. The van der Waals surface area contributed by atoms with Crippen LogP contribution in [0.4, 0.5) is 0 Å². The highest BCUT2D eigenvalue weighted by atomic mass is 16.3. The molecule has 0 saturated carbocycles. The van der Waals surface area contributed by atoms with Crippen LogP contribution in [0.5, 0.6) is 0 Å². The van der Waals surface area contributed by atoms with Crippen LogP contribution in [0.25, 0.3) is 0 Å². The predicted molar refractivity (Wildman–Crippen MR) is 251 cm³/mol. The van der Waals surface area contributed by atoms with Crippen molar-refractivity contribution < 1.29 is 25.2 Å². The maximum absolute atomic E-state index is 12.5. The van der Waals surface area contributed by atoms with Crippen LogP contribution in [-0.2, 0) is 4.79 Å². The van der Waals surface area contributed by atoms with Gasteiger partial charge in [0.15, 0.2) is 0 Å². The average molecular weight is 822 g/mol. The molecule has 6 nitrogen and oxygen atoms in total. The van der Waals surface area contributed by atoms with Gasteiger partial charge in [0.2, 0.25) is 5.91 Å². The Morgan fingerprint density at radius 1 is 0.414 bits per heavy atom. The standard InChI is InChI=1S/C52H103NO5/c1-3-5-7-9-11-13-15-17-18-19-20-21-22-23-24-25-26-27-28-29-30-31-32-33-34-36-38-40-42-44-46-50(56)52(58)53-48(47-54)51(57)49(55)45-43-41-39-37-35-16-14-12-10-8-6-4-2/h37,39,48-51,54-57H,3-36,38,40-47H2,1-2H3,(H,53,58)/b39-37+. The van der Waals surface area contributed by atoms with Crippen LogP contribution in [0, 0.1) is 0 Å². The first kappa shape index (κ1) is 57.1. The van der Waals surface area contributed by atoms with Crippen molar-refractivity contribution in [3.8, 4) is 0 Å². The fraction of sp³-hybridized carbons (Fsp3) is 0.942. The number of amides is 1. The van der Waals surface area contributed by atoms with Gasteiger partial charge < -0.3 is 25.7 Å². The quantitative estimate of drug-likeness (QED) is 0.0310. The Morgan fingerprint density at radius 2 is 0.707 bits per heavy atom. The van der Waals surface area contributed by atoms with E-state index in [1.165, 1.54) is 218 Å². The van der Waals surface area contributed by atoms with E-state index >= 15 is 0 Å². The van der Waals surface area contributed by atoms with Crippen molar-refractivity contribution >= 4 is 5.91 Å². The Morgan fingerprint density at radius 3 is 1.03 bits per heavy atom. The van der Waals surface area contributed by atoms with Gasteiger partial charge in [-0.05, 0) is 38.5 Å². The molecular formula is C52H103NO5. The summed E-state index contributed by atoms with van der Waals surface area (Å²) < 4.78 is 0. The maximum Gasteiger partial charge on any atom is 0.249 e. The normalized spacial score (nSPS) is 14.0. The summed E-state index contributed by atoms with van der Waals surface area (Å²) in [4.78, 5) is 12.5. The number of nitrogens with one attached hydrogen (secondary N) is 1. The second-order valence-corrected chi connectivity index (χ2v) is 18.2. The minimum absolute atomic E-state index is 0.368. The van der Waals surface area contributed by atoms with Gasteiger partial charge in [0, 0.05) is 0 Å². The van der Waals surface area contributed by atoms with Crippen LogP contribution in [0.15, 0.2) is 12.2 Å². The van der Waals surface area contributed by atoms with Crippen molar-refractivity contribution in [2.24, 2.45) is 0 Å². The Balaban J connectivity index is 3.55. The third-order valence-corrected chi connectivity index (χ3v) is 12.5. The zero-order chi connectivity index (χ0) is 42.4. The van der Waals surface area contributed by atoms with Gasteiger partial charge in [0.1, 0.15) is 12.2 Å². The van der Waals surface area contributed by atoms with Crippen molar-refractivity contribution in [3.63, 3.8) is 0 Å². The van der Waals surface area contributed by atoms with Gasteiger partial charge in [-0.2, -0.15) is 0 Å². The summed E-state index contributed by atoms with van der Waals surface area (Å²) >= 11 is 0. The van der Waals surface area contributed by atoms with Gasteiger partial charge in [-0.3, -0.25) is 4.79 Å². The van der Waals surface area contributed by atoms with Crippen LogP contribution in [0.1, 0.15) is 284 Å². The number of carbonyl (C=O) groups excluding carboxylic acids is 1. The third-order valence-electron chi connectivity index (χ3n) is 12.5. The Kier molecular flexibility index (Phi) is 46.3. The molecule has 0 aromatic carbocycles. The van der Waals surface area contributed by atoms with E-state index in [0.717, 1.165) is 38.5 Å². The van der Waals surface area contributed by atoms with Gasteiger partial charge in [-0.1, -0.05) is 257 Å². The third kappa shape index (κ3) is 40.5. The zero-order valence-corrected chi connectivity index (χ0v) is 39.1. The summed E-state index contributed by atoms with van der Waals surface area (Å²) in [5.74, 6) is -0.589. The average Bonchev–Trinajstić information content (AvgIpc) is 3.23. The smallest absolute Gasteiger partial charge is 0.249 e. The van der Waals surface area contributed by atoms with E-state index in [4.69, 9.17) is 0 Å². The molecule has 0 radical (unpaired) electrons. The summed E-state index contributed by atoms with van der Waals surface area (Å²) in [5.41, 5.74) is 0. The molecular weight excluding hydrogens is 719 g/mol. The Labute approximate surface area is 362 Å². The van der Waals surface area contributed by atoms with Gasteiger partial charge in [-0.15, -0.1) is 0 Å². The fourth-order valence-electron chi connectivity index (χ4n) is 8.35. The van der Waals surface area contributed by atoms with Crippen LogP contribution in [0.3, 0.4) is 0 Å². The molecule has 346 valence electrons. The number of hydrogen-bond donors (Lipinski definition) is 5. The monoisotopic (exact) mass is 822 g/mol. The number of allylic oxidation sites excluding steroid dienone is 2. The number of unbranched alkanes of at least 4 members (excludes halogenated alkanes) is 37. The van der Waals surface area contributed by atoms with Crippen molar-refractivity contribution in [1.29, 1.82) is 0 Å². The second-order valence-electron chi connectivity index (χ2n) is 18.2. The zero-order valence-electron chi connectivity index (χ0n) is 39.1. The molecule has 0 aliphatic carbocycles. The second kappa shape index (κ2) is 47.1. The molecule has 4 atom stereocenters. The summed E-state index contributed by atoms with van der Waals surface area (Å²) in [7, 11) is 0. The fourth-order valence-corrected chi connectivity index (χ4v) is 8.35. The highest BCUT2D eigenvalue weighted by molar-refractivity contribution is 5.80. The molecule has 4 unspecified atom stereocenters. The molecule has 0 fully saturated rings. The van der Waals surface area contributed by atoms with E-state index < -0.39 is 36.9 Å². The lowest BCUT2D eigenvalue weighted by molar-refractivity contribution is -0.132. The molecule has 0 aliphatic rings. The number of hydrogen-bond acceptors (Lipinski definition) is 5. The first-order chi connectivity index (χ1) is 28.5. The molecule has 0 saturated heterocycles. The van der Waals surface area contributed by atoms with Crippen molar-refractivity contribution in [2.45, 2.75) is 308 Å². The minimum atomic E-state index is -1.28. The van der Waals surface area contributed by atoms with Gasteiger partial charge in [-0.25, -0.2) is 0 Å². The Hall–Kier alpha value is -0.950. The first-order valence-electron chi connectivity index (χ1n) is 26.1. The topological polar surface area (TPSA) is 110 Å². The number of aliphatic hydroxyl groups is 4. The Bertz CT molecular complexity index is 837. The van der Waals surface area contributed by atoms with Gasteiger partial charge in [0.05, 0.1) is 18.8 Å². The molecule has 0 spiro atoms. The summed E-state index contributed by atoms with van der Waals surface area (Å²) in [6.45, 7) is 4.05. The lowest BCUT2D eigenvalue weighted by Crippen LogP contribution is -2.53. The van der Waals surface area contributed by atoms with Crippen LogP contribution >= 0.6 is 0 Å². The van der Waals surface area contributed by atoms with E-state index in [1.54, 1.807) is 0 Å².